The van der Waals surface area contributed by atoms with Crippen LogP contribution in [0.3, 0.4) is 0 Å². The molecule has 6 heteroatoms. The smallest absolute Gasteiger partial charge is 0.416 e. The fourth-order valence-electron chi connectivity index (χ4n) is 3.30. The molecule has 2 N–H and O–H groups in total. The van der Waals surface area contributed by atoms with Crippen LogP contribution in [0.5, 0.6) is 0 Å². The van der Waals surface area contributed by atoms with E-state index in [4.69, 9.17) is 5.11 Å². The van der Waals surface area contributed by atoms with Crippen molar-refractivity contribution in [2.75, 3.05) is 13.1 Å². The Morgan fingerprint density at radius 1 is 1.00 bits per heavy atom. The molecule has 0 heterocycles. The van der Waals surface area contributed by atoms with Crippen LogP contribution in [0.15, 0.2) is 35.9 Å². The number of carbonyl (C=O) groups is 1. The van der Waals surface area contributed by atoms with Crippen molar-refractivity contribution in [3.63, 3.8) is 0 Å². The van der Waals surface area contributed by atoms with Crippen LogP contribution in [0.25, 0.3) is 0 Å². The summed E-state index contributed by atoms with van der Waals surface area (Å²) in [4.78, 5) is 10.4. The molecule has 27 heavy (non-hydrogen) atoms. The number of alkyl halides is 3. The zero-order valence-electron chi connectivity index (χ0n) is 15.5. The maximum absolute atomic E-state index is 13.1. The van der Waals surface area contributed by atoms with Gasteiger partial charge in [-0.1, -0.05) is 42.7 Å². The maximum Gasteiger partial charge on any atom is 0.416 e. The monoisotopic (exact) mass is 383 g/mol. The van der Waals surface area contributed by atoms with E-state index in [2.05, 4.69) is 5.32 Å². The number of nitrogens with one attached hydrogen (secondary N) is 1. The molecule has 0 saturated carbocycles. The van der Waals surface area contributed by atoms with Crippen molar-refractivity contribution < 1.29 is 23.1 Å². The molecular formula is C21H28F3NO2. The van der Waals surface area contributed by atoms with Crippen molar-refractivity contribution in [2.45, 2.75) is 63.5 Å². The molecule has 2 rings (SSSR count). The molecule has 1 atom stereocenters. The summed E-state index contributed by atoms with van der Waals surface area (Å²) in [6.07, 6.45) is 4.49. The van der Waals surface area contributed by atoms with Gasteiger partial charge in [0, 0.05) is 12.3 Å². The maximum atomic E-state index is 13.1. The third-order valence-corrected chi connectivity index (χ3v) is 4.84. The van der Waals surface area contributed by atoms with E-state index in [-0.39, 0.29) is 12.3 Å². The first kappa shape index (κ1) is 21.5. The van der Waals surface area contributed by atoms with E-state index in [0.717, 1.165) is 69.7 Å². The van der Waals surface area contributed by atoms with E-state index in [1.165, 1.54) is 6.07 Å². The van der Waals surface area contributed by atoms with Crippen molar-refractivity contribution >= 4 is 5.97 Å². The second-order valence-electron chi connectivity index (χ2n) is 7.07. The Morgan fingerprint density at radius 2 is 1.67 bits per heavy atom. The molecule has 1 aliphatic rings. The van der Waals surface area contributed by atoms with Crippen LogP contribution in [-0.4, -0.2) is 24.2 Å². The molecule has 1 aliphatic carbocycles. The zero-order chi connectivity index (χ0) is 19.7. The summed E-state index contributed by atoms with van der Waals surface area (Å²) in [6, 6.07) is 5.85. The molecule has 1 aromatic carbocycles. The molecule has 0 amide bonds. The molecule has 1 unspecified atom stereocenters. The molecule has 3 nitrogen and oxygen atoms in total. The molecule has 0 saturated heterocycles. The topological polar surface area (TPSA) is 49.3 Å². The van der Waals surface area contributed by atoms with E-state index in [0.29, 0.717) is 5.56 Å². The molecule has 0 spiro atoms. The lowest BCUT2D eigenvalue weighted by Crippen LogP contribution is -2.16. The third kappa shape index (κ3) is 7.75. The first-order chi connectivity index (χ1) is 12.9. The van der Waals surface area contributed by atoms with Gasteiger partial charge in [0.05, 0.1) is 5.56 Å². The number of carboxylic acid groups (broad SMARTS) is 1. The number of hydrogen-bond donors (Lipinski definition) is 2. The molecule has 0 bridgehead atoms. The quantitative estimate of drug-likeness (QED) is 0.348. The molecule has 0 radical (unpaired) electrons. The highest BCUT2D eigenvalue weighted by Crippen LogP contribution is 2.46. The van der Waals surface area contributed by atoms with Gasteiger partial charge in [0.15, 0.2) is 0 Å². The predicted molar refractivity (Wildman–Crippen MR) is 99.7 cm³/mol. The second kappa shape index (κ2) is 10.5. The minimum Gasteiger partial charge on any atom is -0.481 e. The van der Waals surface area contributed by atoms with Crippen molar-refractivity contribution in [3.8, 4) is 0 Å². The van der Waals surface area contributed by atoms with Crippen LogP contribution in [0, 0.1) is 0 Å². The summed E-state index contributed by atoms with van der Waals surface area (Å²) in [6.45, 7) is 1.83. The van der Waals surface area contributed by atoms with Gasteiger partial charge < -0.3 is 10.4 Å². The highest BCUT2D eigenvalue weighted by Gasteiger charge is 2.37. The van der Waals surface area contributed by atoms with Gasteiger partial charge >= 0.3 is 12.1 Å². The molecule has 0 fully saturated rings. The Kier molecular flexibility index (Phi) is 8.35. The largest absolute Gasteiger partial charge is 0.481 e. The van der Waals surface area contributed by atoms with E-state index in [1.54, 1.807) is 12.1 Å². The summed E-state index contributed by atoms with van der Waals surface area (Å²) < 4.78 is 39.2. The lowest BCUT2D eigenvalue weighted by molar-refractivity contribution is -0.138. The van der Waals surface area contributed by atoms with Crippen LogP contribution >= 0.6 is 0 Å². The van der Waals surface area contributed by atoms with Crippen LogP contribution in [0.4, 0.5) is 13.2 Å². The zero-order valence-corrected chi connectivity index (χ0v) is 15.5. The molecule has 0 aromatic heterocycles. The molecule has 0 aliphatic heterocycles. The number of aliphatic carboxylic acids is 1. The van der Waals surface area contributed by atoms with Crippen molar-refractivity contribution in [3.05, 3.63) is 47.0 Å². The summed E-state index contributed by atoms with van der Waals surface area (Å²) >= 11 is 0. The minimum atomic E-state index is -4.29. The minimum absolute atomic E-state index is 0.133. The molecular weight excluding hydrogens is 355 g/mol. The summed E-state index contributed by atoms with van der Waals surface area (Å²) in [5.74, 6) is -0.871. The predicted octanol–water partition coefficient (Wildman–Crippen LogP) is 5.52. The van der Waals surface area contributed by atoms with E-state index >= 15 is 0 Å². The number of carboxylic acids is 1. The summed E-state index contributed by atoms with van der Waals surface area (Å²) in [7, 11) is 0. The average Bonchev–Trinajstić information content (AvgIpc) is 3.38. The fourth-order valence-corrected chi connectivity index (χ4v) is 3.30. The number of hydrogen-bond acceptors (Lipinski definition) is 2. The first-order valence-electron chi connectivity index (χ1n) is 9.69. The molecule has 150 valence electrons. The number of unbranched alkanes of at least 4 members (excludes halogenated alkanes) is 4. The van der Waals surface area contributed by atoms with Crippen molar-refractivity contribution in [1.29, 1.82) is 0 Å². The van der Waals surface area contributed by atoms with Gasteiger partial charge in [-0.05, 0) is 56.8 Å². The summed E-state index contributed by atoms with van der Waals surface area (Å²) in [5.41, 5.74) is 0.983. The summed E-state index contributed by atoms with van der Waals surface area (Å²) in [5, 5.41) is 11.9. The highest BCUT2D eigenvalue weighted by atomic mass is 19.4. The number of rotatable bonds is 13. The van der Waals surface area contributed by atoms with E-state index in [9.17, 15) is 18.0 Å². The van der Waals surface area contributed by atoms with Gasteiger partial charge in [0.2, 0.25) is 0 Å². The lowest BCUT2D eigenvalue weighted by Gasteiger charge is -2.12. The Morgan fingerprint density at radius 3 is 2.33 bits per heavy atom. The Labute approximate surface area is 158 Å². The highest BCUT2D eigenvalue weighted by molar-refractivity contribution is 5.66. The normalized spacial score (nSPS) is 16.3. The van der Waals surface area contributed by atoms with Crippen molar-refractivity contribution in [1.82, 2.24) is 5.32 Å². The first-order valence-corrected chi connectivity index (χ1v) is 9.69. The van der Waals surface area contributed by atoms with Crippen molar-refractivity contribution in [2.24, 2.45) is 0 Å². The van der Waals surface area contributed by atoms with Gasteiger partial charge in [-0.25, -0.2) is 0 Å². The second-order valence-corrected chi connectivity index (χ2v) is 7.07. The van der Waals surface area contributed by atoms with Crippen LogP contribution in [0.2, 0.25) is 0 Å². The number of benzene rings is 1. The average molecular weight is 383 g/mol. The van der Waals surface area contributed by atoms with Gasteiger partial charge in [-0.2, -0.15) is 13.2 Å². The van der Waals surface area contributed by atoms with Gasteiger partial charge in [-0.15, -0.1) is 0 Å². The van der Waals surface area contributed by atoms with E-state index < -0.39 is 17.7 Å². The SMILES string of the molecule is O=C(O)CCCCCNCCCCCC1=CC1c1ccccc1C(F)(F)F. The van der Waals surface area contributed by atoms with Crippen LogP contribution in [0.1, 0.15) is 68.4 Å². The fraction of sp³-hybridized carbons (Fsp3) is 0.571. The third-order valence-electron chi connectivity index (χ3n) is 4.84. The Bertz CT molecular complexity index is 641. The van der Waals surface area contributed by atoms with Crippen LogP contribution in [-0.2, 0) is 11.0 Å². The number of allylic oxidation sites excluding steroid dienone is 2. The standard InChI is InChI=1S/C21H28F3NO2/c22-21(23,24)19-11-6-5-10-17(19)18-15-16(18)9-3-1-7-13-25-14-8-2-4-12-20(26)27/h5-6,10-11,15,18,25H,1-4,7-9,12-14H2,(H,26,27). The van der Waals surface area contributed by atoms with Gasteiger partial charge in [0.25, 0.3) is 0 Å². The molecule has 1 aromatic rings. The number of halogens is 3. The van der Waals surface area contributed by atoms with E-state index in [1.807, 2.05) is 6.08 Å². The Balaban J connectivity index is 1.51. The van der Waals surface area contributed by atoms with Gasteiger partial charge in [-0.3, -0.25) is 4.79 Å². The lowest BCUT2D eigenvalue weighted by atomic mass is 9.98. The van der Waals surface area contributed by atoms with Gasteiger partial charge in [0.1, 0.15) is 0 Å². The Hall–Kier alpha value is -1.82. The van der Waals surface area contributed by atoms with Crippen LogP contribution < -0.4 is 5.32 Å².